The minimum atomic E-state index is -1.10. The molecule has 29 heavy (non-hydrogen) atoms. The maximum absolute atomic E-state index is 11.9. The molecule has 0 saturated heterocycles. The Hall–Kier alpha value is -3.34. The minimum Gasteiger partial charge on any atom is -0.480 e. The van der Waals surface area contributed by atoms with E-state index in [9.17, 15) is 14.7 Å². The molecule has 3 aromatic carbocycles. The van der Waals surface area contributed by atoms with E-state index in [0.29, 0.717) is 0 Å². The van der Waals surface area contributed by atoms with Gasteiger partial charge in [-0.25, -0.2) is 9.59 Å². The Bertz CT molecular complexity index is 1010. The molecule has 1 unspecified atom stereocenters. The topological polar surface area (TPSA) is 75.6 Å². The van der Waals surface area contributed by atoms with Crippen LogP contribution in [-0.4, -0.2) is 28.8 Å². The highest BCUT2D eigenvalue weighted by Crippen LogP contribution is 2.28. The number of rotatable bonds is 5. The van der Waals surface area contributed by atoms with Crippen LogP contribution in [0.3, 0.4) is 0 Å². The number of fused-ring (bicyclic) bond motifs is 1. The maximum Gasteiger partial charge on any atom is 0.408 e. The van der Waals surface area contributed by atoms with Crippen LogP contribution in [0.1, 0.15) is 26.3 Å². The fourth-order valence-corrected chi connectivity index (χ4v) is 3.18. The van der Waals surface area contributed by atoms with E-state index in [4.69, 9.17) is 4.74 Å². The van der Waals surface area contributed by atoms with Gasteiger partial charge in [0.05, 0.1) is 0 Å². The first-order valence-electron chi connectivity index (χ1n) is 9.52. The van der Waals surface area contributed by atoms with Crippen molar-refractivity contribution in [1.82, 2.24) is 5.32 Å². The first-order valence-corrected chi connectivity index (χ1v) is 9.52. The van der Waals surface area contributed by atoms with E-state index in [0.717, 1.165) is 22.1 Å². The molecule has 5 heteroatoms. The van der Waals surface area contributed by atoms with Crippen LogP contribution in [0, 0.1) is 0 Å². The number of carbonyl (C=O) groups excluding carboxylic acids is 1. The van der Waals surface area contributed by atoms with Crippen molar-refractivity contribution in [2.24, 2.45) is 0 Å². The molecule has 150 valence electrons. The van der Waals surface area contributed by atoms with Gasteiger partial charge >= 0.3 is 12.1 Å². The summed E-state index contributed by atoms with van der Waals surface area (Å²) in [7, 11) is 0. The molecular formula is C24H25NO4. The number of benzene rings is 3. The summed E-state index contributed by atoms with van der Waals surface area (Å²) in [6.45, 7) is 5.19. The Morgan fingerprint density at radius 3 is 2.28 bits per heavy atom. The lowest BCUT2D eigenvalue weighted by atomic mass is 9.96. The molecule has 0 spiro atoms. The average molecular weight is 391 g/mol. The van der Waals surface area contributed by atoms with E-state index in [2.05, 4.69) is 29.6 Å². The number of carboxylic acid groups (broad SMARTS) is 1. The van der Waals surface area contributed by atoms with Gasteiger partial charge in [0.25, 0.3) is 0 Å². The smallest absolute Gasteiger partial charge is 0.408 e. The number of hydrogen-bond donors (Lipinski definition) is 2. The van der Waals surface area contributed by atoms with Gasteiger partial charge in [0, 0.05) is 6.42 Å². The number of alkyl carbamates (subject to hydrolysis) is 1. The molecule has 1 amide bonds. The summed E-state index contributed by atoms with van der Waals surface area (Å²) < 4.78 is 5.16. The highest BCUT2D eigenvalue weighted by atomic mass is 16.6. The Morgan fingerprint density at radius 2 is 1.62 bits per heavy atom. The summed E-state index contributed by atoms with van der Waals surface area (Å²) in [5.74, 6) is -1.10. The molecule has 0 saturated carbocycles. The minimum absolute atomic E-state index is 0.171. The Morgan fingerprint density at radius 1 is 0.966 bits per heavy atom. The van der Waals surface area contributed by atoms with Crippen LogP contribution in [0.5, 0.6) is 0 Å². The molecule has 3 rings (SSSR count). The first kappa shape index (κ1) is 20.4. The van der Waals surface area contributed by atoms with Gasteiger partial charge in [-0.05, 0) is 48.2 Å². The summed E-state index contributed by atoms with van der Waals surface area (Å²) in [6, 6.07) is 21.0. The second kappa shape index (κ2) is 8.35. The molecular weight excluding hydrogens is 366 g/mol. The third kappa shape index (κ3) is 5.35. The molecule has 0 aliphatic carbocycles. The summed E-state index contributed by atoms with van der Waals surface area (Å²) in [4.78, 5) is 23.5. The van der Waals surface area contributed by atoms with Crippen molar-refractivity contribution >= 4 is 22.8 Å². The lowest BCUT2D eigenvalue weighted by molar-refractivity contribution is -0.139. The molecule has 1 atom stereocenters. The summed E-state index contributed by atoms with van der Waals surface area (Å²) in [6.07, 6.45) is -0.568. The molecule has 0 aromatic heterocycles. The van der Waals surface area contributed by atoms with E-state index in [1.807, 2.05) is 42.5 Å². The zero-order valence-corrected chi connectivity index (χ0v) is 16.8. The Balaban J connectivity index is 1.76. The largest absolute Gasteiger partial charge is 0.480 e. The number of carboxylic acids is 1. The van der Waals surface area contributed by atoms with Crippen molar-refractivity contribution in [2.45, 2.75) is 38.8 Å². The van der Waals surface area contributed by atoms with Crippen molar-refractivity contribution in [3.8, 4) is 11.1 Å². The van der Waals surface area contributed by atoms with Crippen molar-refractivity contribution in [2.75, 3.05) is 0 Å². The van der Waals surface area contributed by atoms with Crippen LogP contribution in [0.4, 0.5) is 4.79 Å². The number of carbonyl (C=O) groups is 2. The number of amides is 1. The zero-order valence-electron chi connectivity index (χ0n) is 16.8. The predicted molar refractivity (Wildman–Crippen MR) is 114 cm³/mol. The zero-order chi connectivity index (χ0) is 21.0. The third-order valence-corrected chi connectivity index (χ3v) is 4.48. The Kier molecular flexibility index (Phi) is 5.87. The van der Waals surface area contributed by atoms with E-state index >= 15 is 0 Å². The van der Waals surface area contributed by atoms with Crippen LogP contribution in [0.2, 0.25) is 0 Å². The number of hydrogen-bond acceptors (Lipinski definition) is 3. The normalized spacial score (nSPS) is 12.4. The lowest BCUT2D eigenvalue weighted by Crippen LogP contribution is -2.44. The average Bonchev–Trinajstić information content (AvgIpc) is 2.66. The van der Waals surface area contributed by atoms with E-state index in [1.54, 1.807) is 20.8 Å². The monoisotopic (exact) mass is 391 g/mol. The van der Waals surface area contributed by atoms with E-state index in [-0.39, 0.29) is 6.42 Å². The van der Waals surface area contributed by atoms with Crippen LogP contribution < -0.4 is 5.32 Å². The lowest BCUT2D eigenvalue weighted by Gasteiger charge is -2.22. The molecule has 3 aromatic rings. The second-order valence-corrected chi connectivity index (χ2v) is 7.96. The van der Waals surface area contributed by atoms with Crippen LogP contribution in [0.25, 0.3) is 21.9 Å². The SMILES string of the molecule is CC(C)(C)OC(=O)NC(Cc1ccc(-c2cccc3ccccc23)cc1)C(=O)O. The van der Waals surface area contributed by atoms with Crippen molar-refractivity contribution in [3.05, 3.63) is 72.3 Å². The van der Waals surface area contributed by atoms with Crippen molar-refractivity contribution in [3.63, 3.8) is 0 Å². The fourth-order valence-electron chi connectivity index (χ4n) is 3.18. The van der Waals surface area contributed by atoms with Gasteiger partial charge in [0.15, 0.2) is 0 Å². The molecule has 0 bridgehead atoms. The maximum atomic E-state index is 11.9. The predicted octanol–water partition coefficient (Wildman–Crippen LogP) is 5.03. The molecule has 0 radical (unpaired) electrons. The fraction of sp³-hybridized carbons (Fsp3) is 0.250. The van der Waals surface area contributed by atoms with Crippen LogP contribution in [0.15, 0.2) is 66.7 Å². The standard InChI is InChI=1S/C24H25NO4/c1-24(2,3)29-23(28)25-21(22(26)27)15-16-11-13-18(14-12-16)20-10-6-8-17-7-4-5-9-19(17)20/h4-14,21H,15H2,1-3H3,(H,25,28)(H,26,27). The molecule has 2 N–H and O–H groups in total. The first-order chi connectivity index (χ1) is 13.7. The number of nitrogens with one attached hydrogen (secondary N) is 1. The molecule has 0 heterocycles. The molecule has 5 nitrogen and oxygen atoms in total. The molecule has 0 aliphatic rings. The molecule has 0 fully saturated rings. The third-order valence-electron chi connectivity index (χ3n) is 4.48. The Labute approximate surface area is 170 Å². The van der Waals surface area contributed by atoms with Gasteiger partial charge in [-0.1, -0.05) is 66.7 Å². The number of ether oxygens (including phenoxy) is 1. The van der Waals surface area contributed by atoms with Gasteiger partial charge in [-0.2, -0.15) is 0 Å². The highest BCUT2D eigenvalue weighted by Gasteiger charge is 2.24. The van der Waals surface area contributed by atoms with Crippen LogP contribution >= 0.6 is 0 Å². The van der Waals surface area contributed by atoms with Gasteiger partial charge in [-0.15, -0.1) is 0 Å². The summed E-state index contributed by atoms with van der Waals surface area (Å²) in [5, 5.41) is 14.2. The van der Waals surface area contributed by atoms with Gasteiger partial charge in [0.2, 0.25) is 0 Å². The van der Waals surface area contributed by atoms with Gasteiger partial charge in [0.1, 0.15) is 11.6 Å². The van der Waals surface area contributed by atoms with Gasteiger partial charge < -0.3 is 15.2 Å². The van der Waals surface area contributed by atoms with Crippen molar-refractivity contribution in [1.29, 1.82) is 0 Å². The van der Waals surface area contributed by atoms with Crippen molar-refractivity contribution < 1.29 is 19.4 Å². The summed E-state index contributed by atoms with van der Waals surface area (Å²) >= 11 is 0. The van der Waals surface area contributed by atoms with E-state index < -0.39 is 23.7 Å². The quantitative estimate of drug-likeness (QED) is 0.640. The summed E-state index contributed by atoms with van der Waals surface area (Å²) in [5.41, 5.74) is 2.30. The molecule has 0 aliphatic heterocycles. The van der Waals surface area contributed by atoms with E-state index in [1.165, 1.54) is 5.39 Å². The van der Waals surface area contributed by atoms with Gasteiger partial charge in [-0.3, -0.25) is 0 Å². The van der Waals surface area contributed by atoms with Crippen LogP contribution in [-0.2, 0) is 16.0 Å². The highest BCUT2D eigenvalue weighted by molar-refractivity contribution is 5.96. The second-order valence-electron chi connectivity index (χ2n) is 7.96. The number of aliphatic carboxylic acids is 1.